The van der Waals surface area contributed by atoms with Crippen molar-refractivity contribution in [3.63, 3.8) is 0 Å². The van der Waals surface area contributed by atoms with Crippen molar-refractivity contribution in [3.05, 3.63) is 85.8 Å². The van der Waals surface area contributed by atoms with E-state index < -0.39 is 0 Å². The van der Waals surface area contributed by atoms with E-state index >= 15 is 0 Å². The third-order valence-electron chi connectivity index (χ3n) is 4.24. The van der Waals surface area contributed by atoms with Crippen molar-refractivity contribution in [2.24, 2.45) is 0 Å². The largest absolute Gasteiger partial charge is 0.493 e. The fraction of sp³-hybridized carbons (Fsp3) is 0.182. The molecule has 1 N–H and O–H groups in total. The van der Waals surface area contributed by atoms with E-state index in [-0.39, 0.29) is 0 Å². The smallest absolute Gasteiger partial charge is 0.175 e. The maximum Gasteiger partial charge on any atom is 0.175 e. The lowest BCUT2D eigenvalue weighted by Gasteiger charge is -2.16. The molecule has 0 heterocycles. The van der Waals surface area contributed by atoms with Gasteiger partial charge in [0.1, 0.15) is 6.61 Å². The summed E-state index contributed by atoms with van der Waals surface area (Å²) in [5, 5.41) is 4.81. The third-order valence-corrected chi connectivity index (χ3v) is 5.30. The second-order valence-corrected chi connectivity index (χ2v) is 8.07. The van der Waals surface area contributed by atoms with Crippen LogP contribution in [0.5, 0.6) is 11.5 Å². The Morgan fingerprint density at radius 2 is 1.75 bits per heavy atom. The minimum absolute atomic E-state index is 0.398. The lowest BCUT2D eigenvalue weighted by Crippen LogP contribution is -2.03. The van der Waals surface area contributed by atoms with Crippen LogP contribution in [-0.4, -0.2) is 7.11 Å². The van der Waals surface area contributed by atoms with Gasteiger partial charge in [0.15, 0.2) is 11.5 Å². The van der Waals surface area contributed by atoms with Gasteiger partial charge in [0, 0.05) is 22.3 Å². The molecule has 3 rings (SSSR count). The predicted molar refractivity (Wildman–Crippen MR) is 120 cm³/mol. The predicted octanol–water partition coefficient (Wildman–Crippen LogP) is 7.26. The van der Waals surface area contributed by atoms with Gasteiger partial charge in [0.2, 0.25) is 0 Å². The molecule has 0 saturated carbocycles. The number of aryl methyl sites for hydroxylation is 1. The molecule has 0 saturated heterocycles. The standard InChI is InChI=1S/C22H20BrCl2NO2/c1-14-6-7-18(25)11-20(14)26-12-16-9-19(23)22(21(10-16)27-2)28-13-15-4-3-5-17(24)8-15/h3-11,26H,12-13H2,1-2H3. The molecule has 0 radical (unpaired) electrons. The van der Waals surface area contributed by atoms with Crippen LogP contribution in [0, 0.1) is 6.92 Å². The van der Waals surface area contributed by atoms with Gasteiger partial charge in [-0.05, 0) is 75.9 Å². The highest BCUT2D eigenvalue weighted by Crippen LogP contribution is 2.37. The van der Waals surface area contributed by atoms with E-state index in [0.717, 1.165) is 26.9 Å². The summed E-state index contributed by atoms with van der Waals surface area (Å²) in [5.74, 6) is 1.32. The van der Waals surface area contributed by atoms with Gasteiger partial charge in [-0.15, -0.1) is 0 Å². The van der Waals surface area contributed by atoms with Crippen molar-refractivity contribution < 1.29 is 9.47 Å². The molecule has 0 spiro atoms. The Hall–Kier alpha value is -1.88. The Morgan fingerprint density at radius 3 is 2.50 bits per heavy atom. The molecule has 146 valence electrons. The lowest BCUT2D eigenvalue weighted by atomic mass is 10.1. The summed E-state index contributed by atoms with van der Waals surface area (Å²) in [6, 6.07) is 17.4. The summed E-state index contributed by atoms with van der Waals surface area (Å²) in [6.07, 6.45) is 0. The van der Waals surface area contributed by atoms with Gasteiger partial charge in [-0.1, -0.05) is 41.4 Å². The monoisotopic (exact) mass is 479 g/mol. The fourth-order valence-corrected chi connectivity index (χ4v) is 3.77. The van der Waals surface area contributed by atoms with Gasteiger partial charge < -0.3 is 14.8 Å². The first kappa shape index (κ1) is 20.8. The summed E-state index contributed by atoms with van der Waals surface area (Å²) in [5.41, 5.74) is 4.18. The van der Waals surface area contributed by atoms with E-state index in [1.165, 1.54) is 0 Å². The van der Waals surface area contributed by atoms with Crippen LogP contribution in [0.1, 0.15) is 16.7 Å². The van der Waals surface area contributed by atoms with Crippen LogP contribution >= 0.6 is 39.1 Å². The first-order valence-corrected chi connectivity index (χ1v) is 10.2. The molecule has 0 atom stereocenters. The number of hydrogen-bond acceptors (Lipinski definition) is 3. The van der Waals surface area contributed by atoms with Crippen molar-refractivity contribution in [2.75, 3.05) is 12.4 Å². The molecule has 3 nitrogen and oxygen atoms in total. The van der Waals surface area contributed by atoms with Crippen LogP contribution in [0.25, 0.3) is 0 Å². The molecule has 0 bridgehead atoms. The maximum atomic E-state index is 6.09. The minimum Gasteiger partial charge on any atom is -0.493 e. The summed E-state index contributed by atoms with van der Waals surface area (Å²) in [4.78, 5) is 0. The number of anilines is 1. The van der Waals surface area contributed by atoms with Crippen molar-refractivity contribution in [1.29, 1.82) is 0 Å². The highest BCUT2D eigenvalue weighted by atomic mass is 79.9. The Labute approximate surface area is 183 Å². The third kappa shape index (κ3) is 5.34. The van der Waals surface area contributed by atoms with Gasteiger partial charge in [-0.2, -0.15) is 0 Å². The van der Waals surface area contributed by atoms with Crippen molar-refractivity contribution in [1.82, 2.24) is 0 Å². The van der Waals surface area contributed by atoms with Crippen LogP contribution in [0.15, 0.2) is 59.1 Å². The molecule has 0 amide bonds. The lowest BCUT2D eigenvalue weighted by molar-refractivity contribution is 0.282. The normalized spacial score (nSPS) is 10.6. The van der Waals surface area contributed by atoms with E-state index in [2.05, 4.69) is 21.2 Å². The number of hydrogen-bond donors (Lipinski definition) is 1. The van der Waals surface area contributed by atoms with Crippen molar-refractivity contribution in [2.45, 2.75) is 20.1 Å². The van der Waals surface area contributed by atoms with Gasteiger partial charge in [0.05, 0.1) is 11.6 Å². The van der Waals surface area contributed by atoms with Crippen LogP contribution < -0.4 is 14.8 Å². The molecule has 6 heteroatoms. The van der Waals surface area contributed by atoms with E-state index in [0.29, 0.717) is 34.7 Å². The zero-order chi connectivity index (χ0) is 20.1. The zero-order valence-electron chi connectivity index (χ0n) is 15.6. The number of benzene rings is 3. The van der Waals surface area contributed by atoms with Crippen LogP contribution in [0.3, 0.4) is 0 Å². The van der Waals surface area contributed by atoms with Gasteiger partial charge in [-0.3, -0.25) is 0 Å². The van der Waals surface area contributed by atoms with E-state index in [1.54, 1.807) is 7.11 Å². The molecule has 0 aromatic heterocycles. The maximum absolute atomic E-state index is 6.09. The average molecular weight is 481 g/mol. The molecule has 3 aromatic rings. The SMILES string of the molecule is COc1cc(CNc2cc(Cl)ccc2C)cc(Br)c1OCc1cccc(Cl)c1. The van der Waals surface area contributed by atoms with E-state index in [9.17, 15) is 0 Å². The summed E-state index contributed by atoms with van der Waals surface area (Å²) in [7, 11) is 1.63. The van der Waals surface area contributed by atoms with Gasteiger partial charge >= 0.3 is 0 Å². The van der Waals surface area contributed by atoms with Gasteiger partial charge in [-0.25, -0.2) is 0 Å². The Kier molecular flexibility index (Phi) is 7.11. The second kappa shape index (κ2) is 9.55. The second-order valence-electron chi connectivity index (χ2n) is 6.34. The molecule has 0 aliphatic heterocycles. The summed E-state index contributed by atoms with van der Waals surface area (Å²) in [6.45, 7) is 3.07. The first-order chi connectivity index (χ1) is 13.5. The molecule has 0 fully saturated rings. The van der Waals surface area contributed by atoms with Crippen molar-refractivity contribution >= 4 is 44.8 Å². The molecule has 0 unspecified atom stereocenters. The van der Waals surface area contributed by atoms with E-state index in [1.807, 2.05) is 61.5 Å². The Balaban J connectivity index is 1.74. The zero-order valence-corrected chi connectivity index (χ0v) is 18.7. The highest BCUT2D eigenvalue weighted by Gasteiger charge is 2.12. The van der Waals surface area contributed by atoms with E-state index in [4.69, 9.17) is 32.7 Å². The molecule has 3 aromatic carbocycles. The van der Waals surface area contributed by atoms with Crippen molar-refractivity contribution in [3.8, 4) is 11.5 Å². The fourth-order valence-electron chi connectivity index (χ4n) is 2.78. The molecular formula is C22H20BrCl2NO2. The Bertz CT molecular complexity index is 979. The quantitative estimate of drug-likeness (QED) is 0.385. The summed E-state index contributed by atoms with van der Waals surface area (Å²) < 4.78 is 12.4. The number of rotatable bonds is 7. The van der Waals surface area contributed by atoms with Crippen LogP contribution in [0.4, 0.5) is 5.69 Å². The van der Waals surface area contributed by atoms with Gasteiger partial charge in [0.25, 0.3) is 0 Å². The molecule has 0 aliphatic carbocycles. The van der Waals surface area contributed by atoms with Crippen LogP contribution in [0.2, 0.25) is 10.0 Å². The highest BCUT2D eigenvalue weighted by molar-refractivity contribution is 9.10. The Morgan fingerprint density at radius 1 is 0.964 bits per heavy atom. The molecular weight excluding hydrogens is 461 g/mol. The number of nitrogens with one attached hydrogen (secondary N) is 1. The number of ether oxygens (including phenoxy) is 2. The summed E-state index contributed by atoms with van der Waals surface area (Å²) >= 11 is 15.7. The average Bonchev–Trinajstić information content (AvgIpc) is 2.67. The first-order valence-electron chi connectivity index (χ1n) is 8.70. The minimum atomic E-state index is 0.398. The molecule has 0 aliphatic rings. The topological polar surface area (TPSA) is 30.5 Å². The number of halogens is 3. The molecule has 28 heavy (non-hydrogen) atoms. The number of methoxy groups -OCH3 is 1. The van der Waals surface area contributed by atoms with Crippen LogP contribution in [-0.2, 0) is 13.2 Å².